The second-order valence-corrected chi connectivity index (χ2v) is 4.43. The highest BCUT2D eigenvalue weighted by Gasteiger charge is 2.38. The average molecular weight is 259 g/mol. The average Bonchev–Trinajstić information content (AvgIpc) is 2.33. The van der Waals surface area contributed by atoms with Gasteiger partial charge in [0.2, 0.25) is 0 Å². The number of halogens is 3. The number of aryl methyl sites for hydroxylation is 1. The van der Waals surface area contributed by atoms with Gasteiger partial charge in [0.05, 0.1) is 0 Å². The van der Waals surface area contributed by atoms with Crippen LogP contribution in [0.1, 0.15) is 31.7 Å². The summed E-state index contributed by atoms with van der Waals surface area (Å²) >= 11 is 0. The van der Waals surface area contributed by atoms with Gasteiger partial charge in [0.25, 0.3) is 0 Å². The van der Waals surface area contributed by atoms with Gasteiger partial charge in [-0.25, -0.2) is 0 Å². The summed E-state index contributed by atoms with van der Waals surface area (Å²) in [6.45, 7) is 2.28. The maximum absolute atomic E-state index is 12.7. The van der Waals surface area contributed by atoms with Crippen molar-refractivity contribution in [2.24, 2.45) is 0 Å². The molecule has 1 rings (SSSR count). The third kappa shape index (κ3) is 5.54. The van der Waals surface area contributed by atoms with Crippen LogP contribution in [0.5, 0.6) is 0 Å². The van der Waals surface area contributed by atoms with Crippen molar-refractivity contribution in [1.82, 2.24) is 5.32 Å². The molecule has 0 aliphatic carbocycles. The SMILES string of the molecule is CCCNC(CCCc1ccccc1)C(F)(F)F. The molecule has 0 spiro atoms. The van der Waals surface area contributed by atoms with Gasteiger partial charge >= 0.3 is 6.18 Å². The number of hydrogen-bond donors (Lipinski definition) is 1. The highest BCUT2D eigenvalue weighted by atomic mass is 19.4. The van der Waals surface area contributed by atoms with Crippen LogP contribution in [0.3, 0.4) is 0 Å². The standard InChI is InChI=1S/C14H20F3N/c1-2-11-18-13(14(15,16)17)10-6-9-12-7-4-3-5-8-12/h3-5,7-8,13,18H,2,6,9-11H2,1H3. The Labute approximate surface area is 106 Å². The number of nitrogens with one attached hydrogen (secondary N) is 1. The lowest BCUT2D eigenvalue weighted by atomic mass is 10.0. The molecule has 1 nitrogen and oxygen atoms in total. The van der Waals surface area contributed by atoms with Crippen molar-refractivity contribution in [3.63, 3.8) is 0 Å². The molecule has 0 aromatic heterocycles. The fraction of sp³-hybridized carbons (Fsp3) is 0.571. The van der Waals surface area contributed by atoms with E-state index in [1.807, 2.05) is 37.3 Å². The molecule has 0 saturated carbocycles. The summed E-state index contributed by atoms with van der Waals surface area (Å²) in [7, 11) is 0. The van der Waals surface area contributed by atoms with Crippen LogP contribution in [0.4, 0.5) is 13.2 Å². The molecule has 1 N–H and O–H groups in total. The van der Waals surface area contributed by atoms with Crippen LogP contribution in [-0.2, 0) is 6.42 Å². The third-order valence-corrected chi connectivity index (χ3v) is 2.84. The largest absolute Gasteiger partial charge is 0.403 e. The number of rotatable bonds is 7. The molecule has 0 amide bonds. The minimum atomic E-state index is -4.15. The number of alkyl halides is 3. The zero-order valence-electron chi connectivity index (χ0n) is 10.6. The first kappa shape index (κ1) is 15.0. The highest BCUT2D eigenvalue weighted by Crippen LogP contribution is 2.24. The van der Waals surface area contributed by atoms with E-state index in [1.165, 1.54) is 0 Å². The van der Waals surface area contributed by atoms with E-state index in [0.29, 0.717) is 25.8 Å². The van der Waals surface area contributed by atoms with E-state index >= 15 is 0 Å². The van der Waals surface area contributed by atoms with Gasteiger partial charge in [-0.1, -0.05) is 37.3 Å². The van der Waals surface area contributed by atoms with Crippen molar-refractivity contribution >= 4 is 0 Å². The molecule has 0 fully saturated rings. The quantitative estimate of drug-likeness (QED) is 0.782. The molecule has 0 radical (unpaired) electrons. The second kappa shape index (κ2) is 7.41. The van der Waals surface area contributed by atoms with E-state index in [-0.39, 0.29) is 6.42 Å². The minimum Gasteiger partial charge on any atom is -0.306 e. The van der Waals surface area contributed by atoms with Crippen LogP contribution in [-0.4, -0.2) is 18.8 Å². The Balaban J connectivity index is 2.38. The van der Waals surface area contributed by atoms with Gasteiger partial charge in [0.1, 0.15) is 6.04 Å². The van der Waals surface area contributed by atoms with E-state index < -0.39 is 12.2 Å². The maximum Gasteiger partial charge on any atom is 0.403 e. The highest BCUT2D eigenvalue weighted by molar-refractivity contribution is 5.14. The molecular formula is C14H20F3N. The summed E-state index contributed by atoms with van der Waals surface area (Å²) in [5, 5.41) is 2.57. The smallest absolute Gasteiger partial charge is 0.306 e. The van der Waals surface area contributed by atoms with E-state index in [1.54, 1.807) is 0 Å². The van der Waals surface area contributed by atoms with E-state index in [9.17, 15) is 13.2 Å². The van der Waals surface area contributed by atoms with Crippen LogP contribution in [0, 0.1) is 0 Å². The van der Waals surface area contributed by atoms with Crippen LogP contribution < -0.4 is 5.32 Å². The van der Waals surface area contributed by atoms with Crippen molar-refractivity contribution in [3.05, 3.63) is 35.9 Å². The number of hydrogen-bond acceptors (Lipinski definition) is 1. The predicted molar refractivity (Wildman–Crippen MR) is 67.5 cm³/mol. The summed E-state index contributed by atoms with van der Waals surface area (Å²) < 4.78 is 38.1. The molecule has 0 aliphatic heterocycles. The maximum atomic E-state index is 12.7. The Hall–Kier alpha value is -1.03. The molecule has 0 saturated heterocycles. The van der Waals surface area contributed by atoms with Gasteiger partial charge < -0.3 is 5.32 Å². The lowest BCUT2D eigenvalue weighted by Gasteiger charge is -2.21. The molecule has 1 aromatic rings. The summed E-state index contributed by atoms with van der Waals surface area (Å²) in [5.74, 6) is 0. The first-order valence-corrected chi connectivity index (χ1v) is 6.38. The van der Waals surface area contributed by atoms with Gasteiger partial charge in [0, 0.05) is 0 Å². The molecule has 1 aromatic carbocycles. The lowest BCUT2D eigenvalue weighted by molar-refractivity contribution is -0.157. The Bertz CT molecular complexity index is 322. The van der Waals surface area contributed by atoms with Gasteiger partial charge in [-0.15, -0.1) is 0 Å². The Morgan fingerprint density at radius 3 is 2.39 bits per heavy atom. The Morgan fingerprint density at radius 2 is 1.83 bits per heavy atom. The fourth-order valence-corrected chi connectivity index (χ4v) is 1.86. The molecule has 102 valence electrons. The molecular weight excluding hydrogens is 239 g/mol. The lowest BCUT2D eigenvalue weighted by Crippen LogP contribution is -2.42. The monoisotopic (exact) mass is 259 g/mol. The summed E-state index contributed by atoms with van der Waals surface area (Å²) in [6.07, 6.45) is -2.05. The Kier molecular flexibility index (Phi) is 6.19. The Morgan fingerprint density at radius 1 is 1.17 bits per heavy atom. The molecule has 0 aliphatic rings. The van der Waals surface area contributed by atoms with Crippen molar-refractivity contribution in [1.29, 1.82) is 0 Å². The van der Waals surface area contributed by atoms with E-state index in [2.05, 4.69) is 5.32 Å². The van der Waals surface area contributed by atoms with Crippen LogP contribution in [0.2, 0.25) is 0 Å². The topological polar surface area (TPSA) is 12.0 Å². The molecule has 1 unspecified atom stereocenters. The van der Waals surface area contributed by atoms with Crippen molar-refractivity contribution < 1.29 is 13.2 Å². The minimum absolute atomic E-state index is 0.137. The van der Waals surface area contributed by atoms with Gasteiger partial charge in [-0.05, 0) is 37.8 Å². The van der Waals surface area contributed by atoms with Gasteiger partial charge in [-0.3, -0.25) is 0 Å². The first-order valence-electron chi connectivity index (χ1n) is 6.38. The molecule has 4 heteroatoms. The van der Waals surface area contributed by atoms with Crippen LogP contribution in [0.25, 0.3) is 0 Å². The first-order chi connectivity index (χ1) is 8.54. The van der Waals surface area contributed by atoms with Crippen molar-refractivity contribution in [2.45, 2.75) is 44.8 Å². The molecule has 0 bridgehead atoms. The van der Waals surface area contributed by atoms with Crippen molar-refractivity contribution in [3.8, 4) is 0 Å². The number of benzene rings is 1. The molecule has 1 atom stereocenters. The predicted octanol–water partition coefficient (Wildman–Crippen LogP) is 3.94. The second-order valence-electron chi connectivity index (χ2n) is 4.43. The van der Waals surface area contributed by atoms with E-state index in [4.69, 9.17) is 0 Å². The zero-order chi connectivity index (χ0) is 13.4. The zero-order valence-corrected chi connectivity index (χ0v) is 10.6. The van der Waals surface area contributed by atoms with E-state index in [0.717, 1.165) is 5.56 Å². The third-order valence-electron chi connectivity index (χ3n) is 2.84. The summed E-state index contributed by atoms with van der Waals surface area (Å²) in [6, 6.07) is 8.24. The van der Waals surface area contributed by atoms with Crippen LogP contribution >= 0.6 is 0 Å². The van der Waals surface area contributed by atoms with Gasteiger partial charge in [0.15, 0.2) is 0 Å². The van der Waals surface area contributed by atoms with Crippen LogP contribution in [0.15, 0.2) is 30.3 Å². The van der Waals surface area contributed by atoms with Gasteiger partial charge in [-0.2, -0.15) is 13.2 Å². The molecule has 0 heterocycles. The molecule has 18 heavy (non-hydrogen) atoms. The normalized spacial score (nSPS) is 13.6. The van der Waals surface area contributed by atoms with Crippen molar-refractivity contribution in [2.75, 3.05) is 6.54 Å². The summed E-state index contributed by atoms with van der Waals surface area (Å²) in [4.78, 5) is 0. The fourth-order valence-electron chi connectivity index (χ4n) is 1.86. The summed E-state index contributed by atoms with van der Waals surface area (Å²) in [5.41, 5.74) is 1.09.